The van der Waals surface area contributed by atoms with Gasteiger partial charge < -0.3 is 20.8 Å². The number of ether oxygens (including phenoxy) is 1. The van der Waals surface area contributed by atoms with Gasteiger partial charge in [0.1, 0.15) is 18.2 Å². The van der Waals surface area contributed by atoms with Crippen molar-refractivity contribution in [2.24, 2.45) is 5.73 Å². The third kappa shape index (κ3) is 4.56. The number of primary amides is 1. The SMILES string of the molecule is Cc1nc(NCCOCC(N)=O)cc(=O)[nH]1. The monoisotopic (exact) mass is 226 g/mol. The fourth-order valence-corrected chi connectivity index (χ4v) is 1.09. The normalized spacial score (nSPS) is 10.1. The minimum Gasteiger partial charge on any atom is -0.370 e. The maximum absolute atomic E-state index is 11.1. The van der Waals surface area contributed by atoms with E-state index >= 15 is 0 Å². The largest absolute Gasteiger partial charge is 0.370 e. The highest BCUT2D eigenvalue weighted by atomic mass is 16.5. The van der Waals surface area contributed by atoms with Crippen LogP contribution in [0.25, 0.3) is 0 Å². The van der Waals surface area contributed by atoms with E-state index in [0.717, 1.165) is 0 Å². The Labute approximate surface area is 92.0 Å². The van der Waals surface area contributed by atoms with E-state index in [1.54, 1.807) is 6.92 Å². The van der Waals surface area contributed by atoms with Gasteiger partial charge in [-0.1, -0.05) is 0 Å². The van der Waals surface area contributed by atoms with Crippen LogP contribution in [0, 0.1) is 6.92 Å². The Balaban J connectivity index is 2.32. The molecule has 16 heavy (non-hydrogen) atoms. The Morgan fingerprint density at radius 3 is 3.06 bits per heavy atom. The Bertz CT molecular complexity index is 415. The highest BCUT2D eigenvalue weighted by Crippen LogP contribution is 1.96. The molecule has 0 fully saturated rings. The van der Waals surface area contributed by atoms with Crippen LogP contribution in [-0.2, 0) is 9.53 Å². The minimum absolute atomic E-state index is 0.108. The topological polar surface area (TPSA) is 110 Å². The van der Waals surface area contributed by atoms with Gasteiger partial charge in [-0.2, -0.15) is 0 Å². The number of nitrogens with two attached hydrogens (primary N) is 1. The molecule has 0 unspecified atom stereocenters. The van der Waals surface area contributed by atoms with Crippen molar-refractivity contribution in [1.82, 2.24) is 9.97 Å². The molecule has 4 N–H and O–H groups in total. The molecular formula is C9H14N4O3. The van der Waals surface area contributed by atoms with E-state index in [9.17, 15) is 9.59 Å². The van der Waals surface area contributed by atoms with Gasteiger partial charge in [0.05, 0.1) is 6.61 Å². The highest BCUT2D eigenvalue weighted by molar-refractivity contribution is 5.74. The molecular weight excluding hydrogens is 212 g/mol. The molecule has 88 valence electrons. The number of nitrogens with zero attached hydrogens (tertiary/aromatic N) is 1. The Hall–Kier alpha value is -1.89. The van der Waals surface area contributed by atoms with Crippen LogP contribution in [0.2, 0.25) is 0 Å². The Morgan fingerprint density at radius 2 is 2.44 bits per heavy atom. The summed E-state index contributed by atoms with van der Waals surface area (Å²) < 4.78 is 4.93. The summed E-state index contributed by atoms with van der Waals surface area (Å²) in [5, 5.41) is 2.89. The average Bonchev–Trinajstić information content (AvgIpc) is 2.15. The van der Waals surface area contributed by atoms with Crippen LogP contribution in [-0.4, -0.2) is 35.6 Å². The predicted octanol–water partition coefficient (Wildman–Crippen LogP) is -1.01. The first-order valence-corrected chi connectivity index (χ1v) is 4.76. The summed E-state index contributed by atoms with van der Waals surface area (Å²) in [7, 11) is 0. The molecule has 7 nitrogen and oxygen atoms in total. The van der Waals surface area contributed by atoms with E-state index in [1.165, 1.54) is 6.07 Å². The molecule has 0 atom stereocenters. The lowest BCUT2D eigenvalue weighted by Crippen LogP contribution is -2.21. The molecule has 1 amide bonds. The molecule has 1 aromatic rings. The van der Waals surface area contributed by atoms with Crippen molar-refractivity contribution in [2.45, 2.75) is 6.92 Å². The number of rotatable bonds is 6. The van der Waals surface area contributed by atoms with Gasteiger partial charge in [0, 0.05) is 12.6 Å². The van der Waals surface area contributed by atoms with Crippen LogP contribution < -0.4 is 16.6 Å². The quantitative estimate of drug-likeness (QED) is 0.538. The first-order valence-electron chi connectivity index (χ1n) is 4.76. The third-order valence-corrected chi connectivity index (χ3v) is 1.66. The van der Waals surface area contributed by atoms with Gasteiger partial charge >= 0.3 is 0 Å². The molecule has 0 aliphatic rings. The van der Waals surface area contributed by atoms with E-state index in [2.05, 4.69) is 15.3 Å². The summed E-state index contributed by atoms with van der Waals surface area (Å²) in [5.41, 5.74) is 4.67. The first-order chi connectivity index (χ1) is 7.58. The van der Waals surface area contributed by atoms with Crippen molar-refractivity contribution >= 4 is 11.7 Å². The fourth-order valence-electron chi connectivity index (χ4n) is 1.09. The van der Waals surface area contributed by atoms with Crippen LogP contribution in [0.4, 0.5) is 5.82 Å². The Morgan fingerprint density at radius 1 is 1.69 bits per heavy atom. The average molecular weight is 226 g/mol. The molecule has 0 aliphatic carbocycles. The lowest BCUT2D eigenvalue weighted by Gasteiger charge is -2.05. The zero-order valence-corrected chi connectivity index (χ0v) is 8.95. The van der Waals surface area contributed by atoms with Crippen molar-refractivity contribution in [1.29, 1.82) is 0 Å². The summed E-state index contributed by atoms with van der Waals surface area (Å²) in [6, 6.07) is 1.35. The molecule has 0 spiro atoms. The number of hydrogen-bond donors (Lipinski definition) is 3. The first kappa shape index (κ1) is 12.2. The fraction of sp³-hybridized carbons (Fsp3) is 0.444. The van der Waals surface area contributed by atoms with Crippen molar-refractivity contribution in [3.8, 4) is 0 Å². The summed E-state index contributed by atoms with van der Waals surface area (Å²) in [4.78, 5) is 28.0. The zero-order chi connectivity index (χ0) is 12.0. The van der Waals surface area contributed by atoms with E-state index < -0.39 is 5.91 Å². The molecule has 0 bridgehead atoms. The number of anilines is 1. The van der Waals surface area contributed by atoms with Gasteiger partial charge in [-0.15, -0.1) is 0 Å². The molecule has 1 rings (SSSR count). The summed E-state index contributed by atoms with van der Waals surface area (Å²) in [5.74, 6) is 0.502. The Kier molecular flexibility index (Phi) is 4.46. The number of aryl methyl sites for hydroxylation is 1. The summed E-state index contributed by atoms with van der Waals surface area (Å²) in [6.07, 6.45) is 0. The van der Waals surface area contributed by atoms with Crippen LogP contribution in [0.3, 0.4) is 0 Å². The molecule has 0 saturated carbocycles. The molecule has 0 aliphatic heterocycles. The van der Waals surface area contributed by atoms with E-state index in [1.807, 2.05) is 0 Å². The second-order valence-electron chi connectivity index (χ2n) is 3.16. The number of carbonyl (C=O) groups is 1. The summed E-state index contributed by atoms with van der Waals surface area (Å²) in [6.45, 7) is 2.35. The molecule has 0 aromatic carbocycles. The van der Waals surface area contributed by atoms with Gasteiger partial charge in [-0.05, 0) is 6.92 Å². The number of carbonyl (C=O) groups excluding carboxylic acids is 1. The molecule has 7 heteroatoms. The number of amides is 1. The van der Waals surface area contributed by atoms with Crippen LogP contribution >= 0.6 is 0 Å². The number of aromatic amines is 1. The standard InChI is InChI=1S/C9H14N4O3/c1-6-12-8(4-9(15)13-6)11-2-3-16-5-7(10)14/h4H,2-3,5H2,1H3,(H2,10,14)(H2,11,12,13,15). The minimum atomic E-state index is -0.509. The van der Waals surface area contributed by atoms with Gasteiger partial charge in [-0.3, -0.25) is 9.59 Å². The molecule has 1 heterocycles. The van der Waals surface area contributed by atoms with Crippen LogP contribution in [0.15, 0.2) is 10.9 Å². The van der Waals surface area contributed by atoms with E-state index in [-0.39, 0.29) is 12.2 Å². The smallest absolute Gasteiger partial charge is 0.252 e. The molecule has 1 aromatic heterocycles. The highest BCUT2D eigenvalue weighted by Gasteiger charge is 1.97. The van der Waals surface area contributed by atoms with Crippen molar-refractivity contribution in [2.75, 3.05) is 25.1 Å². The van der Waals surface area contributed by atoms with Gasteiger partial charge in [0.15, 0.2) is 0 Å². The second kappa shape index (κ2) is 5.86. The zero-order valence-electron chi connectivity index (χ0n) is 8.95. The number of hydrogen-bond acceptors (Lipinski definition) is 5. The van der Waals surface area contributed by atoms with Crippen LogP contribution in [0.5, 0.6) is 0 Å². The van der Waals surface area contributed by atoms with Gasteiger partial charge in [-0.25, -0.2) is 4.98 Å². The maximum Gasteiger partial charge on any atom is 0.252 e. The van der Waals surface area contributed by atoms with Gasteiger partial charge in [0.2, 0.25) is 5.91 Å². The van der Waals surface area contributed by atoms with E-state index in [0.29, 0.717) is 24.8 Å². The maximum atomic E-state index is 11.1. The number of nitrogens with one attached hydrogen (secondary N) is 2. The summed E-state index contributed by atoms with van der Waals surface area (Å²) >= 11 is 0. The lowest BCUT2D eigenvalue weighted by atomic mass is 10.5. The number of aromatic nitrogens is 2. The van der Waals surface area contributed by atoms with Crippen molar-refractivity contribution in [3.63, 3.8) is 0 Å². The third-order valence-electron chi connectivity index (χ3n) is 1.66. The second-order valence-corrected chi connectivity index (χ2v) is 3.16. The number of H-pyrrole nitrogens is 1. The van der Waals surface area contributed by atoms with E-state index in [4.69, 9.17) is 10.5 Å². The molecule has 0 saturated heterocycles. The van der Waals surface area contributed by atoms with Crippen molar-refractivity contribution in [3.05, 3.63) is 22.2 Å². The predicted molar refractivity (Wildman–Crippen MR) is 58.1 cm³/mol. The lowest BCUT2D eigenvalue weighted by molar-refractivity contribution is -0.122. The van der Waals surface area contributed by atoms with Crippen LogP contribution in [0.1, 0.15) is 5.82 Å². The molecule has 0 radical (unpaired) electrons. The van der Waals surface area contributed by atoms with Gasteiger partial charge in [0.25, 0.3) is 5.56 Å². The van der Waals surface area contributed by atoms with Crippen molar-refractivity contribution < 1.29 is 9.53 Å².